The third-order valence-electron chi connectivity index (χ3n) is 10.4. The summed E-state index contributed by atoms with van der Waals surface area (Å²) >= 11 is 0. The summed E-state index contributed by atoms with van der Waals surface area (Å²) in [6, 6.07) is 32.8. The highest BCUT2D eigenvalue weighted by Crippen LogP contribution is 2.39. The van der Waals surface area contributed by atoms with Crippen LogP contribution in [0.2, 0.25) is 0 Å². The van der Waals surface area contributed by atoms with Crippen molar-refractivity contribution in [1.82, 2.24) is 9.80 Å². The van der Waals surface area contributed by atoms with Gasteiger partial charge in [0.15, 0.2) is 0 Å². The van der Waals surface area contributed by atoms with E-state index in [0.29, 0.717) is 37.3 Å². The van der Waals surface area contributed by atoms with Gasteiger partial charge in [0.1, 0.15) is 18.1 Å². The first-order valence-electron chi connectivity index (χ1n) is 17.2. The topological polar surface area (TPSA) is 81.2 Å². The molecule has 0 aromatic heterocycles. The molecule has 4 fully saturated rings. The van der Waals surface area contributed by atoms with Gasteiger partial charge in [0, 0.05) is 36.9 Å². The van der Waals surface area contributed by atoms with Gasteiger partial charge >= 0.3 is 0 Å². The molecule has 8 heteroatoms. The number of carbonyl (C=O) groups excluding carboxylic acids is 4. The minimum atomic E-state index is -0.697. The maximum absolute atomic E-state index is 13.9. The van der Waals surface area contributed by atoms with Gasteiger partial charge in [-0.2, -0.15) is 0 Å². The number of piperazine rings is 1. The SMILES string of the molecule is O=C1C[C@@H]2CCCN2C(=O)C(c2ccccc2)N1c1ccc(/C=C/c2ccc(N3C(=O)[C@@H]4CCCN4C(=O)C3c3ccccc3)cc2)cc1. The number of hydrogen-bond acceptors (Lipinski definition) is 4. The summed E-state index contributed by atoms with van der Waals surface area (Å²) in [4.78, 5) is 62.0. The van der Waals surface area contributed by atoms with E-state index in [4.69, 9.17) is 0 Å². The summed E-state index contributed by atoms with van der Waals surface area (Å²) in [5.41, 5.74) is 4.91. The van der Waals surface area contributed by atoms with Crippen LogP contribution in [0.4, 0.5) is 11.4 Å². The number of benzene rings is 4. The zero-order chi connectivity index (χ0) is 33.5. The Labute approximate surface area is 286 Å². The van der Waals surface area contributed by atoms with Gasteiger partial charge < -0.3 is 9.80 Å². The molecule has 0 N–H and O–H groups in total. The van der Waals surface area contributed by atoms with Crippen LogP contribution in [0.1, 0.15) is 66.4 Å². The van der Waals surface area contributed by atoms with Gasteiger partial charge in [-0.25, -0.2) is 0 Å². The fraction of sp³-hybridized carbons (Fsp3) is 0.268. The Kier molecular flexibility index (Phi) is 8.07. The molecule has 246 valence electrons. The molecule has 4 atom stereocenters. The van der Waals surface area contributed by atoms with Gasteiger partial charge in [-0.15, -0.1) is 0 Å². The highest BCUT2D eigenvalue weighted by atomic mass is 16.2. The number of rotatable bonds is 6. The van der Waals surface area contributed by atoms with E-state index in [0.717, 1.165) is 41.5 Å². The Morgan fingerprint density at radius 2 is 1.00 bits per heavy atom. The maximum atomic E-state index is 13.9. The first kappa shape index (κ1) is 30.8. The quantitative estimate of drug-likeness (QED) is 0.226. The first-order valence-corrected chi connectivity index (χ1v) is 17.2. The smallest absolute Gasteiger partial charge is 0.251 e. The molecule has 4 saturated heterocycles. The molecular formula is C41H38N4O4. The fourth-order valence-corrected chi connectivity index (χ4v) is 8.00. The van der Waals surface area contributed by atoms with Crippen LogP contribution in [-0.4, -0.2) is 58.6 Å². The average Bonchev–Trinajstić information content (AvgIpc) is 3.81. The second kappa shape index (κ2) is 12.8. The van der Waals surface area contributed by atoms with Crippen LogP contribution in [-0.2, 0) is 19.2 Å². The van der Waals surface area contributed by atoms with E-state index in [-0.39, 0.29) is 29.7 Å². The van der Waals surface area contributed by atoms with Gasteiger partial charge in [0.25, 0.3) is 17.7 Å². The van der Waals surface area contributed by atoms with Crippen molar-refractivity contribution in [3.63, 3.8) is 0 Å². The van der Waals surface area contributed by atoms with E-state index in [1.807, 2.05) is 126 Å². The van der Waals surface area contributed by atoms with Crippen molar-refractivity contribution in [3.05, 3.63) is 131 Å². The largest absolute Gasteiger partial charge is 0.337 e. The van der Waals surface area contributed by atoms with Crippen LogP contribution in [0.15, 0.2) is 109 Å². The minimum Gasteiger partial charge on any atom is -0.337 e. The van der Waals surface area contributed by atoms with E-state index in [1.54, 1.807) is 14.7 Å². The van der Waals surface area contributed by atoms with Crippen LogP contribution < -0.4 is 9.80 Å². The molecule has 0 radical (unpaired) electrons. The lowest BCUT2D eigenvalue weighted by atomic mass is 9.97. The molecule has 4 aliphatic heterocycles. The molecule has 4 amide bonds. The van der Waals surface area contributed by atoms with Crippen LogP contribution in [0.5, 0.6) is 0 Å². The first-order chi connectivity index (χ1) is 24.0. The highest BCUT2D eigenvalue weighted by Gasteiger charge is 2.49. The van der Waals surface area contributed by atoms with Crippen LogP contribution in [0.3, 0.4) is 0 Å². The van der Waals surface area contributed by atoms with Crippen molar-refractivity contribution >= 4 is 47.2 Å². The van der Waals surface area contributed by atoms with Crippen LogP contribution in [0, 0.1) is 0 Å². The number of fused-ring (bicyclic) bond motifs is 2. The zero-order valence-electron chi connectivity index (χ0n) is 27.2. The molecule has 4 heterocycles. The monoisotopic (exact) mass is 650 g/mol. The molecule has 8 nitrogen and oxygen atoms in total. The van der Waals surface area contributed by atoms with E-state index >= 15 is 0 Å². The predicted octanol–water partition coefficient (Wildman–Crippen LogP) is 6.40. The Hall–Kier alpha value is -5.50. The maximum Gasteiger partial charge on any atom is 0.251 e. The molecule has 2 unspecified atom stereocenters. The summed E-state index contributed by atoms with van der Waals surface area (Å²) in [6.45, 7) is 1.31. The second-order valence-electron chi connectivity index (χ2n) is 13.3. The van der Waals surface area contributed by atoms with Gasteiger partial charge in [0.05, 0.1) is 0 Å². The van der Waals surface area contributed by atoms with Crippen LogP contribution >= 0.6 is 0 Å². The van der Waals surface area contributed by atoms with Crippen molar-refractivity contribution in [1.29, 1.82) is 0 Å². The molecule has 0 bridgehead atoms. The predicted molar refractivity (Wildman–Crippen MR) is 189 cm³/mol. The summed E-state index contributed by atoms with van der Waals surface area (Å²) < 4.78 is 0. The van der Waals surface area contributed by atoms with Crippen molar-refractivity contribution in [2.24, 2.45) is 0 Å². The highest BCUT2D eigenvalue weighted by molar-refractivity contribution is 6.09. The lowest BCUT2D eigenvalue weighted by Crippen LogP contribution is -2.59. The summed E-state index contributed by atoms with van der Waals surface area (Å²) in [5.74, 6) is -0.113. The Bertz CT molecular complexity index is 1910. The molecule has 0 aliphatic carbocycles. The molecule has 4 aromatic carbocycles. The second-order valence-corrected chi connectivity index (χ2v) is 13.3. The standard InChI is InChI=1S/C41H38N4O4/c46-36-27-34-13-7-25-42(34)40(48)37(30-9-3-1-4-10-30)44(36)32-21-17-28(18-22-32)15-16-29-19-23-33(24-20-29)45-38(31-11-5-2-6-12-31)41(49)43-26-8-14-35(43)39(45)47/h1-6,9-12,15-24,34-35,37-38H,7-8,13-14,25-27H2/b16-15+/t34-,35-,37?,38?/m0/s1. The molecular weight excluding hydrogens is 612 g/mol. The third-order valence-corrected chi connectivity index (χ3v) is 10.4. The Morgan fingerprint density at radius 3 is 1.59 bits per heavy atom. The molecule has 4 aromatic rings. The number of carbonyl (C=O) groups is 4. The van der Waals surface area contributed by atoms with Gasteiger partial charge in [0.2, 0.25) is 5.91 Å². The lowest BCUT2D eigenvalue weighted by Gasteiger charge is -2.42. The molecule has 0 spiro atoms. The fourth-order valence-electron chi connectivity index (χ4n) is 8.00. The van der Waals surface area contributed by atoms with E-state index in [9.17, 15) is 19.2 Å². The summed E-state index contributed by atoms with van der Waals surface area (Å²) in [6.07, 6.45) is 7.64. The van der Waals surface area contributed by atoms with E-state index in [1.165, 1.54) is 0 Å². The number of amides is 4. The van der Waals surface area contributed by atoms with E-state index < -0.39 is 18.1 Å². The molecule has 49 heavy (non-hydrogen) atoms. The van der Waals surface area contributed by atoms with Crippen LogP contribution in [0.25, 0.3) is 12.2 Å². The number of anilines is 2. The van der Waals surface area contributed by atoms with Crippen molar-refractivity contribution < 1.29 is 19.2 Å². The molecule has 4 aliphatic rings. The molecule has 8 rings (SSSR count). The number of nitrogens with zero attached hydrogens (tertiary/aromatic N) is 4. The van der Waals surface area contributed by atoms with Crippen molar-refractivity contribution in [3.8, 4) is 0 Å². The summed E-state index contributed by atoms with van der Waals surface area (Å²) in [7, 11) is 0. The molecule has 0 saturated carbocycles. The Balaban J connectivity index is 1.03. The zero-order valence-corrected chi connectivity index (χ0v) is 27.2. The number of hydrogen-bond donors (Lipinski definition) is 0. The normalized spacial score (nSPS) is 24.1. The van der Waals surface area contributed by atoms with Gasteiger partial charge in [-0.3, -0.25) is 29.0 Å². The van der Waals surface area contributed by atoms with Crippen molar-refractivity contribution in [2.45, 2.75) is 56.3 Å². The van der Waals surface area contributed by atoms with Gasteiger partial charge in [-0.05, 0) is 72.2 Å². The Morgan fingerprint density at radius 1 is 0.510 bits per heavy atom. The third kappa shape index (κ3) is 5.61. The van der Waals surface area contributed by atoms with Crippen molar-refractivity contribution in [2.75, 3.05) is 22.9 Å². The summed E-state index contributed by atoms with van der Waals surface area (Å²) in [5, 5.41) is 0. The lowest BCUT2D eigenvalue weighted by molar-refractivity contribution is -0.144. The minimum absolute atomic E-state index is 0.0155. The average molecular weight is 651 g/mol. The van der Waals surface area contributed by atoms with E-state index in [2.05, 4.69) is 0 Å². The van der Waals surface area contributed by atoms with Gasteiger partial charge in [-0.1, -0.05) is 97.1 Å².